The number of para-hydroxylation sites is 6. The number of aromatic nitrogens is 4. The number of fused-ring (bicyclic) bond motifs is 5. The van der Waals surface area contributed by atoms with Gasteiger partial charge < -0.3 is 9.80 Å². The minimum atomic E-state index is -0.378. The van der Waals surface area contributed by atoms with Crippen molar-refractivity contribution in [3.8, 4) is 67.5 Å². The van der Waals surface area contributed by atoms with Crippen LogP contribution in [0.2, 0.25) is 0 Å². The first-order valence-electron chi connectivity index (χ1n) is 28.4. The number of anilines is 6. The average Bonchev–Trinajstić information content (AvgIpc) is 3.01. The smallest absolute Gasteiger partial charge is 0.145 e. The van der Waals surface area contributed by atoms with Crippen LogP contribution in [0.1, 0.15) is 25.0 Å². The van der Waals surface area contributed by atoms with Gasteiger partial charge in [-0.15, -0.1) is 0 Å². The lowest BCUT2D eigenvalue weighted by atomic mass is 9.82. The molecule has 0 atom stereocenters. The van der Waals surface area contributed by atoms with Crippen LogP contribution in [0.15, 0.2) is 303 Å². The molecule has 6 nitrogen and oxygen atoms in total. The molecule has 0 radical (unpaired) electrons. The molecule has 0 amide bonds. The first-order valence-corrected chi connectivity index (χ1v) is 28.4. The van der Waals surface area contributed by atoms with Gasteiger partial charge >= 0.3 is 0 Å². The van der Waals surface area contributed by atoms with Gasteiger partial charge in [0.2, 0.25) is 0 Å². The van der Waals surface area contributed by atoms with E-state index in [2.05, 4.69) is 336 Å². The number of benzene rings is 12. The molecule has 6 heteroatoms. The van der Waals surface area contributed by atoms with E-state index in [9.17, 15) is 0 Å². The largest absolute Gasteiger partial charge is 0.310 e. The molecule has 1 aliphatic carbocycles. The molecule has 0 bridgehead atoms. The Morgan fingerprint density at radius 3 is 0.988 bits per heavy atom. The van der Waals surface area contributed by atoms with Gasteiger partial charge in [0.25, 0.3) is 0 Å². The van der Waals surface area contributed by atoms with Crippen molar-refractivity contribution in [2.45, 2.75) is 19.3 Å². The topological polar surface area (TPSA) is 42.1 Å². The fourth-order valence-corrected chi connectivity index (χ4v) is 12.5. The predicted octanol–water partition coefficient (Wildman–Crippen LogP) is 20.3. The van der Waals surface area contributed by atoms with Gasteiger partial charge in [-0.25, -0.2) is 9.97 Å². The third-order valence-electron chi connectivity index (χ3n) is 16.5. The van der Waals surface area contributed by atoms with Crippen molar-refractivity contribution in [1.82, 2.24) is 19.1 Å². The van der Waals surface area contributed by atoms with Crippen LogP contribution >= 0.6 is 0 Å². The summed E-state index contributed by atoms with van der Waals surface area (Å²) in [6.45, 7) is 4.77. The van der Waals surface area contributed by atoms with E-state index in [1.807, 2.05) is 0 Å². The van der Waals surface area contributed by atoms with Gasteiger partial charge in [0.05, 0.1) is 22.1 Å². The van der Waals surface area contributed by atoms with E-state index in [-0.39, 0.29) is 5.41 Å². The summed E-state index contributed by atoms with van der Waals surface area (Å²) in [6, 6.07) is 109. The van der Waals surface area contributed by atoms with Crippen molar-refractivity contribution in [3.05, 3.63) is 314 Å². The molecule has 394 valence electrons. The van der Waals surface area contributed by atoms with Crippen molar-refractivity contribution < 1.29 is 0 Å². The first-order chi connectivity index (χ1) is 40.9. The maximum atomic E-state index is 5.30. The van der Waals surface area contributed by atoms with Gasteiger partial charge in [0.15, 0.2) is 0 Å². The number of hydrogen-bond donors (Lipinski definition) is 0. The van der Waals surface area contributed by atoms with Crippen LogP contribution in [0.5, 0.6) is 0 Å². The summed E-state index contributed by atoms with van der Waals surface area (Å²) in [4.78, 5) is 15.4. The summed E-state index contributed by atoms with van der Waals surface area (Å²) >= 11 is 0. The first kappa shape index (κ1) is 49.2. The number of nitrogens with zero attached hydrogens (tertiary/aromatic N) is 6. The van der Waals surface area contributed by atoms with Crippen molar-refractivity contribution in [3.63, 3.8) is 0 Å². The molecular weight excluding hydrogens is 1010 g/mol. The molecular formula is C77H56N6. The molecule has 83 heavy (non-hydrogen) atoms. The molecule has 0 aliphatic heterocycles. The fourth-order valence-electron chi connectivity index (χ4n) is 12.5. The Balaban J connectivity index is 0.861. The van der Waals surface area contributed by atoms with Crippen LogP contribution in [0, 0.1) is 0 Å². The minimum Gasteiger partial charge on any atom is -0.310 e. The highest BCUT2D eigenvalue weighted by atomic mass is 15.2. The van der Waals surface area contributed by atoms with E-state index in [4.69, 9.17) is 9.97 Å². The van der Waals surface area contributed by atoms with E-state index in [0.717, 1.165) is 101 Å². The monoisotopic (exact) mass is 1060 g/mol. The summed E-state index contributed by atoms with van der Waals surface area (Å²) in [5, 5.41) is 0. The second-order valence-electron chi connectivity index (χ2n) is 21.9. The lowest BCUT2D eigenvalue weighted by molar-refractivity contribution is 0.660. The zero-order chi connectivity index (χ0) is 55.4. The van der Waals surface area contributed by atoms with Crippen molar-refractivity contribution >= 4 is 56.2 Å². The van der Waals surface area contributed by atoms with Crippen molar-refractivity contribution in [2.24, 2.45) is 0 Å². The van der Waals surface area contributed by atoms with Crippen LogP contribution in [0.4, 0.5) is 34.1 Å². The summed E-state index contributed by atoms with van der Waals surface area (Å²) in [6.07, 6.45) is 0. The zero-order valence-corrected chi connectivity index (χ0v) is 46.1. The molecule has 0 saturated heterocycles. The van der Waals surface area contributed by atoms with Crippen LogP contribution < -0.4 is 9.80 Å². The fraction of sp³-hybridized carbons (Fsp3) is 0.0390. The molecule has 0 unspecified atom stereocenters. The van der Waals surface area contributed by atoms with Crippen molar-refractivity contribution in [1.29, 1.82) is 0 Å². The van der Waals surface area contributed by atoms with E-state index >= 15 is 0 Å². The normalized spacial score (nSPS) is 12.3. The molecule has 1 aliphatic rings. The molecule has 14 aromatic rings. The standard InChI is InChI=1S/C77H56N6/c1-77(2)69-51-65(80(61-35-19-27-55(47-61)53-23-7-3-8-24-53)63-37-21-29-57(49-63)75-78-71-39-15-17-41-73(71)82(75)59-31-11-5-12-32-59)43-45-67(69)68-46-44-66(52-70(68)77)81(62-36-20-28-56(48-62)54-25-9-4-10-26-54)64-38-22-30-58(50-64)76-79-72-40-16-18-42-74(72)83(76)60-33-13-6-14-34-60/h3-52H,1-2H3. The zero-order valence-electron chi connectivity index (χ0n) is 46.1. The Kier molecular flexibility index (Phi) is 12.1. The molecule has 0 N–H and O–H groups in total. The summed E-state index contributed by atoms with van der Waals surface area (Å²) in [5.41, 5.74) is 23.8. The maximum absolute atomic E-state index is 5.30. The predicted molar refractivity (Wildman–Crippen MR) is 344 cm³/mol. The SMILES string of the molecule is CC1(C)c2cc(N(c3cccc(-c4ccccc4)c3)c3cccc(-c4nc5ccccc5n4-c4ccccc4)c3)ccc2-c2ccc(N(c3cccc(-c4ccccc4)c3)c3cccc(-c4nc5ccccc5n4-c4ccccc4)c3)cc21. The summed E-state index contributed by atoms with van der Waals surface area (Å²) < 4.78 is 4.55. The van der Waals surface area contributed by atoms with Gasteiger partial charge in [0.1, 0.15) is 11.6 Å². The van der Waals surface area contributed by atoms with Gasteiger partial charge in [-0.05, 0) is 166 Å². The Hall–Kier alpha value is -10.8. The van der Waals surface area contributed by atoms with Gasteiger partial charge in [-0.3, -0.25) is 9.13 Å². The minimum absolute atomic E-state index is 0.378. The molecule has 0 spiro atoms. The van der Waals surface area contributed by atoms with E-state index < -0.39 is 0 Å². The summed E-state index contributed by atoms with van der Waals surface area (Å²) in [7, 11) is 0. The third kappa shape index (κ3) is 8.76. The average molecular weight is 1070 g/mol. The van der Waals surface area contributed by atoms with Crippen LogP contribution in [-0.2, 0) is 5.41 Å². The summed E-state index contributed by atoms with van der Waals surface area (Å²) in [5.74, 6) is 1.77. The lowest BCUT2D eigenvalue weighted by Crippen LogP contribution is -2.18. The lowest BCUT2D eigenvalue weighted by Gasteiger charge is -2.30. The van der Waals surface area contributed by atoms with Crippen LogP contribution in [0.25, 0.3) is 89.6 Å². The highest BCUT2D eigenvalue weighted by molar-refractivity contribution is 5.92. The molecule has 15 rings (SSSR count). The Labute approximate surface area is 483 Å². The van der Waals surface area contributed by atoms with Gasteiger partial charge in [0, 0.05) is 62.0 Å². The number of rotatable bonds is 12. The molecule has 2 aromatic heterocycles. The Morgan fingerprint density at radius 1 is 0.277 bits per heavy atom. The van der Waals surface area contributed by atoms with E-state index in [1.165, 1.54) is 33.4 Å². The molecule has 12 aromatic carbocycles. The van der Waals surface area contributed by atoms with Crippen LogP contribution in [0.3, 0.4) is 0 Å². The second-order valence-corrected chi connectivity index (χ2v) is 21.9. The highest BCUT2D eigenvalue weighted by Crippen LogP contribution is 2.53. The van der Waals surface area contributed by atoms with Gasteiger partial charge in [-0.2, -0.15) is 0 Å². The third-order valence-corrected chi connectivity index (χ3v) is 16.5. The molecule has 2 heterocycles. The Bertz CT molecular complexity index is 4410. The number of imidazole rings is 2. The van der Waals surface area contributed by atoms with Gasteiger partial charge in [-0.1, -0.05) is 196 Å². The molecule has 0 fully saturated rings. The highest BCUT2D eigenvalue weighted by Gasteiger charge is 2.37. The second kappa shape index (κ2) is 20.4. The molecule has 0 saturated carbocycles. The van der Waals surface area contributed by atoms with E-state index in [0.29, 0.717) is 0 Å². The maximum Gasteiger partial charge on any atom is 0.145 e. The van der Waals surface area contributed by atoms with E-state index in [1.54, 1.807) is 0 Å². The van der Waals surface area contributed by atoms with Crippen LogP contribution in [-0.4, -0.2) is 19.1 Å². The Morgan fingerprint density at radius 2 is 0.590 bits per heavy atom. The number of hydrogen-bond acceptors (Lipinski definition) is 4. The quantitative estimate of drug-likeness (QED) is 0.122. The van der Waals surface area contributed by atoms with Crippen molar-refractivity contribution in [2.75, 3.05) is 9.80 Å².